The minimum atomic E-state index is -0.978. The maximum Gasteiger partial charge on any atom is 0.330 e. The van der Waals surface area contributed by atoms with Crippen LogP contribution in [0.3, 0.4) is 0 Å². The van der Waals surface area contributed by atoms with E-state index in [-0.39, 0.29) is 0 Å². The van der Waals surface area contributed by atoms with E-state index in [1.807, 2.05) is 20.8 Å². The van der Waals surface area contributed by atoms with Crippen molar-refractivity contribution in [2.75, 3.05) is 0 Å². The number of nitrogens with zero attached hydrogens (tertiary/aromatic N) is 1. The van der Waals surface area contributed by atoms with Crippen LogP contribution in [0.25, 0.3) is 0 Å². The number of carbonyl (C=O) groups excluding carboxylic acids is 3. The van der Waals surface area contributed by atoms with E-state index in [0.717, 1.165) is 4.90 Å². The number of hydrogen-bond donors (Lipinski definition) is 0. The Bertz CT molecular complexity index is 629. The van der Waals surface area contributed by atoms with Crippen molar-refractivity contribution in [2.45, 2.75) is 53.2 Å². The van der Waals surface area contributed by atoms with Gasteiger partial charge in [0.15, 0.2) is 0 Å². The van der Waals surface area contributed by atoms with Crippen molar-refractivity contribution in [3.05, 3.63) is 35.4 Å². The second-order valence-corrected chi connectivity index (χ2v) is 7.83. The van der Waals surface area contributed by atoms with Crippen LogP contribution in [0.1, 0.15) is 62.3 Å². The Balaban J connectivity index is 2.45. The Morgan fingerprint density at radius 1 is 0.957 bits per heavy atom. The van der Waals surface area contributed by atoms with Crippen molar-refractivity contribution in [1.82, 2.24) is 4.90 Å². The fourth-order valence-corrected chi connectivity index (χ4v) is 2.65. The Labute approximate surface area is 136 Å². The highest BCUT2D eigenvalue weighted by Crippen LogP contribution is 2.33. The number of hydrogen-bond acceptors (Lipinski definition) is 4. The van der Waals surface area contributed by atoms with Crippen LogP contribution in [-0.2, 0) is 9.53 Å². The molecule has 0 saturated heterocycles. The minimum absolute atomic E-state index is 0.329. The molecule has 124 valence electrons. The maximum atomic E-state index is 12.7. The molecular weight excluding hydrogens is 294 g/mol. The number of amides is 2. The smallest absolute Gasteiger partial charge is 0.330 e. The number of ether oxygens (including phenoxy) is 1. The number of rotatable bonds is 2. The number of fused-ring (bicyclic) bond motifs is 1. The molecule has 1 heterocycles. The van der Waals surface area contributed by atoms with Gasteiger partial charge in [0.05, 0.1) is 11.1 Å². The van der Waals surface area contributed by atoms with E-state index in [9.17, 15) is 14.4 Å². The molecule has 0 fully saturated rings. The highest BCUT2D eigenvalue weighted by Gasteiger charge is 2.48. The number of benzene rings is 1. The summed E-state index contributed by atoms with van der Waals surface area (Å²) in [6, 6.07) is 5.63. The van der Waals surface area contributed by atoms with Gasteiger partial charge in [0.2, 0.25) is 0 Å². The van der Waals surface area contributed by atoms with E-state index < -0.39 is 34.8 Å². The number of esters is 1. The van der Waals surface area contributed by atoms with Crippen molar-refractivity contribution in [2.24, 2.45) is 5.41 Å². The van der Waals surface area contributed by atoms with E-state index in [1.54, 1.807) is 45.0 Å². The minimum Gasteiger partial charge on any atom is -0.458 e. The summed E-state index contributed by atoms with van der Waals surface area (Å²) in [4.78, 5) is 39.0. The molecule has 0 spiro atoms. The lowest BCUT2D eigenvalue weighted by molar-refractivity contribution is -0.163. The molecule has 0 radical (unpaired) electrons. The maximum absolute atomic E-state index is 12.7. The third-order valence-corrected chi connectivity index (χ3v) is 3.53. The van der Waals surface area contributed by atoms with Gasteiger partial charge in [-0.3, -0.25) is 14.5 Å². The zero-order valence-corrected chi connectivity index (χ0v) is 14.5. The van der Waals surface area contributed by atoms with Crippen molar-refractivity contribution in [1.29, 1.82) is 0 Å². The van der Waals surface area contributed by atoms with Crippen LogP contribution in [0, 0.1) is 5.41 Å². The first-order valence-electron chi connectivity index (χ1n) is 7.63. The van der Waals surface area contributed by atoms with Crippen molar-refractivity contribution in [3.63, 3.8) is 0 Å². The number of carbonyl (C=O) groups is 3. The highest BCUT2D eigenvalue weighted by molar-refractivity contribution is 6.22. The molecule has 1 aliphatic rings. The molecule has 0 saturated carbocycles. The first kappa shape index (κ1) is 17.2. The fourth-order valence-electron chi connectivity index (χ4n) is 2.65. The van der Waals surface area contributed by atoms with Gasteiger partial charge in [-0.05, 0) is 38.3 Å². The van der Waals surface area contributed by atoms with Crippen LogP contribution < -0.4 is 0 Å². The largest absolute Gasteiger partial charge is 0.458 e. The highest BCUT2D eigenvalue weighted by atomic mass is 16.6. The van der Waals surface area contributed by atoms with Crippen LogP contribution >= 0.6 is 0 Å². The lowest BCUT2D eigenvalue weighted by Gasteiger charge is -2.36. The van der Waals surface area contributed by atoms with Gasteiger partial charge in [0.1, 0.15) is 11.6 Å². The first-order valence-corrected chi connectivity index (χ1v) is 7.63. The summed E-state index contributed by atoms with van der Waals surface area (Å²) in [6.45, 7) is 10.7. The second-order valence-electron chi connectivity index (χ2n) is 7.83. The lowest BCUT2D eigenvalue weighted by Crippen LogP contribution is -2.53. The van der Waals surface area contributed by atoms with Gasteiger partial charge in [0, 0.05) is 0 Å². The zero-order chi connectivity index (χ0) is 17.6. The molecule has 0 bridgehead atoms. The van der Waals surface area contributed by atoms with E-state index in [2.05, 4.69) is 0 Å². The summed E-state index contributed by atoms with van der Waals surface area (Å²) in [7, 11) is 0. The molecular formula is C18H23NO4. The van der Waals surface area contributed by atoms with Gasteiger partial charge < -0.3 is 4.74 Å². The zero-order valence-electron chi connectivity index (χ0n) is 14.5. The summed E-state index contributed by atoms with van der Waals surface area (Å²) in [5.41, 5.74) is -0.680. The number of imide groups is 1. The molecule has 1 aromatic carbocycles. The Kier molecular flexibility index (Phi) is 4.09. The normalized spacial score (nSPS) is 16.3. The van der Waals surface area contributed by atoms with Gasteiger partial charge in [-0.15, -0.1) is 0 Å². The standard InChI is InChI=1S/C18H23NO4/c1-17(2,3)13(16(22)23-18(4,5)6)19-14(20)11-9-7-8-10-12(11)15(19)21/h7-10,13H,1-6H3. The second kappa shape index (κ2) is 5.48. The van der Waals surface area contributed by atoms with Crippen molar-refractivity contribution >= 4 is 17.8 Å². The summed E-state index contributed by atoms with van der Waals surface area (Å²) in [6.07, 6.45) is 0. The van der Waals surface area contributed by atoms with E-state index >= 15 is 0 Å². The Morgan fingerprint density at radius 2 is 1.39 bits per heavy atom. The SMILES string of the molecule is CC(C)(C)OC(=O)C(N1C(=O)c2ccccc2C1=O)C(C)(C)C. The Morgan fingerprint density at radius 3 is 1.74 bits per heavy atom. The molecule has 1 unspecified atom stereocenters. The van der Waals surface area contributed by atoms with Crippen molar-refractivity contribution in [3.8, 4) is 0 Å². The Hall–Kier alpha value is -2.17. The quantitative estimate of drug-likeness (QED) is 0.621. The molecule has 2 rings (SSSR count). The average Bonchev–Trinajstić information content (AvgIpc) is 2.61. The first-order chi connectivity index (χ1) is 10.4. The summed E-state index contributed by atoms with van der Waals surface area (Å²) >= 11 is 0. The molecule has 23 heavy (non-hydrogen) atoms. The van der Waals surface area contributed by atoms with Crippen LogP contribution in [0.15, 0.2) is 24.3 Å². The van der Waals surface area contributed by atoms with E-state index in [4.69, 9.17) is 4.74 Å². The summed E-state index contributed by atoms with van der Waals surface area (Å²) in [5.74, 6) is -1.47. The molecule has 1 atom stereocenters. The predicted octanol–water partition coefficient (Wildman–Crippen LogP) is 3.04. The molecule has 0 aromatic heterocycles. The molecule has 0 aliphatic carbocycles. The third-order valence-electron chi connectivity index (χ3n) is 3.53. The van der Waals surface area contributed by atoms with Crippen LogP contribution in [0.5, 0.6) is 0 Å². The molecule has 5 nitrogen and oxygen atoms in total. The fraction of sp³-hybridized carbons (Fsp3) is 0.500. The predicted molar refractivity (Wildman–Crippen MR) is 86.0 cm³/mol. The van der Waals surface area contributed by atoms with Gasteiger partial charge in [-0.1, -0.05) is 32.9 Å². The third kappa shape index (κ3) is 3.28. The van der Waals surface area contributed by atoms with Gasteiger partial charge in [-0.2, -0.15) is 0 Å². The van der Waals surface area contributed by atoms with Gasteiger partial charge >= 0.3 is 5.97 Å². The van der Waals surface area contributed by atoms with Crippen LogP contribution in [0.2, 0.25) is 0 Å². The molecule has 1 aromatic rings. The van der Waals surface area contributed by atoms with Crippen molar-refractivity contribution < 1.29 is 19.1 Å². The van der Waals surface area contributed by atoms with E-state index in [1.165, 1.54) is 0 Å². The topological polar surface area (TPSA) is 63.7 Å². The van der Waals surface area contributed by atoms with Gasteiger partial charge in [0.25, 0.3) is 11.8 Å². The molecule has 1 aliphatic heterocycles. The van der Waals surface area contributed by atoms with Crippen LogP contribution in [0.4, 0.5) is 0 Å². The van der Waals surface area contributed by atoms with Gasteiger partial charge in [-0.25, -0.2) is 4.79 Å². The average molecular weight is 317 g/mol. The van der Waals surface area contributed by atoms with Crippen LogP contribution in [-0.4, -0.2) is 34.3 Å². The lowest BCUT2D eigenvalue weighted by atomic mass is 9.85. The summed E-state index contributed by atoms with van der Waals surface area (Å²) in [5, 5.41) is 0. The monoisotopic (exact) mass is 317 g/mol. The molecule has 5 heteroatoms. The molecule has 0 N–H and O–H groups in total. The molecule has 2 amide bonds. The summed E-state index contributed by atoms with van der Waals surface area (Å²) < 4.78 is 5.45. The van der Waals surface area contributed by atoms with E-state index in [0.29, 0.717) is 11.1 Å².